The number of carbonyl (C=O) groups is 4. The fourth-order valence-corrected chi connectivity index (χ4v) is 7.18. The second-order valence-corrected chi connectivity index (χ2v) is 10.2. The number of likely N-dealkylation sites (tertiary alicyclic amines) is 1. The zero-order chi connectivity index (χ0) is 23.3. The van der Waals surface area contributed by atoms with Crippen molar-refractivity contribution >= 4 is 29.3 Å². The lowest BCUT2D eigenvalue weighted by Crippen LogP contribution is -2.37. The summed E-state index contributed by atoms with van der Waals surface area (Å²) in [6, 6.07) is 12.0. The molecule has 2 saturated heterocycles. The number of amides is 4. The molecule has 2 bridgehead atoms. The van der Waals surface area contributed by atoms with Crippen LogP contribution in [0, 0.1) is 56.3 Å². The highest BCUT2D eigenvalue weighted by Gasteiger charge is 2.72. The summed E-state index contributed by atoms with van der Waals surface area (Å²) in [5.41, 5.74) is 6.15. The molecule has 6 atom stereocenters. The third kappa shape index (κ3) is 2.49. The molecule has 2 heterocycles. The molecule has 6 unspecified atom stereocenters. The fourth-order valence-electron chi connectivity index (χ4n) is 7.18. The molecule has 0 N–H and O–H groups in total. The van der Waals surface area contributed by atoms with Gasteiger partial charge in [-0.05, 0) is 73.4 Å². The third-order valence-electron chi connectivity index (χ3n) is 8.55. The largest absolute Gasteiger partial charge is 0.285 e. The molecule has 2 aromatic rings. The Morgan fingerprint density at radius 1 is 0.667 bits per heavy atom. The number of imide groups is 2. The number of nitrogens with zero attached hydrogens (tertiary/aromatic N) is 2. The van der Waals surface area contributed by atoms with Gasteiger partial charge in [0.25, 0.3) is 0 Å². The normalized spacial score (nSPS) is 32.2. The van der Waals surface area contributed by atoms with E-state index in [1.807, 2.05) is 25.1 Å². The van der Waals surface area contributed by atoms with Crippen LogP contribution in [-0.2, 0) is 19.2 Å². The van der Waals surface area contributed by atoms with Crippen molar-refractivity contribution in [2.75, 3.05) is 11.9 Å². The first-order chi connectivity index (χ1) is 15.7. The maximum atomic E-state index is 13.5. The van der Waals surface area contributed by atoms with Crippen LogP contribution in [0.4, 0.5) is 5.69 Å². The lowest BCUT2D eigenvalue weighted by atomic mass is 9.70. The molecule has 0 radical (unpaired) electrons. The van der Waals surface area contributed by atoms with Gasteiger partial charge in [-0.15, -0.1) is 0 Å². The number of aryl methyl sites for hydroxylation is 3. The highest BCUT2D eigenvalue weighted by molar-refractivity contribution is 6.23. The summed E-state index contributed by atoms with van der Waals surface area (Å²) in [6.45, 7) is 6.14. The fraction of sp³-hybridized carbons (Fsp3) is 0.407. The highest BCUT2D eigenvalue weighted by Crippen LogP contribution is 2.63. The van der Waals surface area contributed by atoms with Gasteiger partial charge in [0.1, 0.15) is 0 Å². The molecule has 6 nitrogen and oxygen atoms in total. The Morgan fingerprint density at radius 3 is 1.67 bits per heavy atom. The second kappa shape index (κ2) is 6.62. The molecule has 33 heavy (non-hydrogen) atoms. The molecule has 2 saturated carbocycles. The van der Waals surface area contributed by atoms with Crippen LogP contribution in [0.1, 0.15) is 23.1 Å². The van der Waals surface area contributed by atoms with Crippen molar-refractivity contribution in [2.24, 2.45) is 35.5 Å². The van der Waals surface area contributed by atoms with E-state index in [-0.39, 0.29) is 35.5 Å². The average Bonchev–Trinajstić information content (AvgIpc) is 3.46. The number of anilines is 1. The van der Waals surface area contributed by atoms with Crippen LogP contribution in [-0.4, -0.2) is 35.6 Å². The van der Waals surface area contributed by atoms with Crippen molar-refractivity contribution in [2.45, 2.75) is 27.2 Å². The Balaban J connectivity index is 1.35. The van der Waals surface area contributed by atoms with Gasteiger partial charge in [-0.1, -0.05) is 29.8 Å². The van der Waals surface area contributed by atoms with E-state index in [0.29, 0.717) is 12.1 Å². The minimum atomic E-state index is -0.494. The first-order valence-corrected chi connectivity index (χ1v) is 11.6. The Kier molecular flexibility index (Phi) is 4.08. The van der Waals surface area contributed by atoms with Crippen LogP contribution in [0.3, 0.4) is 0 Å². The molecule has 6 rings (SSSR count). The van der Waals surface area contributed by atoms with Crippen molar-refractivity contribution in [1.82, 2.24) is 4.90 Å². The number of rotatable bonds is 2. The molecule has 4 amide bonds. The standard InChI is InChI=1S/C27H26N2O4/c1-12-5-7-16(13(2)9-12)17-8-6-15(10-14(17)3)29-26(32)22-18-11-19(23(22)27(29)33)21-20(18)24(30)28(4)25(21)31/h5-10,18-23H,11H2,1-4H3. The van der Waals surface area contributed by atoms with Crippen LogP contribution in [0.2, 0.25) is 0 Å². The van der Waals surface area contributed by atoms with Crippen molar-refractivity contribution in [3.8, 4) is 11.1 Å². The quantitative estimate of drug-likeness (QED) is 0.669. The van der Waals surface area contributed by atoms with Gasteiger partial charge in [0, 0.05) is 7.05 Å². The Hall–Kier alpha value is -3.28. The summed E-state index contributed by atoms with van der Waals surface area (Å²) in [6.07, 6.45) is 0.617. The summed E-state index contributed by atoms with van der Waals surface area (Å²) in [5, 5.41) is 0. The number of fused-ring (bicyclic) bond motifs is 8. The van der Waals surface area contributed by atoms with Gasteiger partial charge < -0.3 is 0 Å². The zero-order valence-corrected chi connectivity index (χ0v) is 19.2. The predicted octanol–water partition coefficient (Wildman–Crippen LogP) is 3.27. The number of carbonyl (C=O) groups excluding carboxylic acids is 4. The van der Waals surface area contributed by atoms with Crippen molar-refractivity contribution in [3.05, 3.63) is 53.1 Å². The number of benzene rings is 2. The van der Waals surface area contributed by atoms with Gasteiger partial charge in [0.05, 0.1) is 29.4 Å². The monoisotopic (exact) mass is 442 g/mol. The summed E-state index contributed by atoms with van der Waals surface area (Å²) >= 11 is 0. The van der Waals surface area contributed by atoms with Gasteiger partial charge in [-0.2, -0.15) is 0 Å². The third-order valence-corrected chi connectivity index (χ3v) is 8.55. The van der Waals surface area contributed by atoms with Gasteiger partial charge in [-0.25, -0.2) is 0 Å². The molecular formula is C27H26N2O4. The van der Waals surface area contributed by atoms with Crippen LogP contribution in [0.15, 0.2) is 36.4 Å². The van der Waals surface area contributed by atoms with E-state index in [1.54, 1.807) is 0 Å². The van der Waals surface area contributed by atoms with E-state index in [4.69, 9.17) is 0 Å². The summed E-state index contributed by atoms with van der Waals surface area (Å²) in [4.78, 5) is 54.9. The lowest BCUT2D eigenvalue weighted by molar-refractivity contribution is -0.139. The first-order valence-electron chi connectivity index (χ1n) is 11.6. The van der Waals surface area contributed by atoms with Gasteiger partial charge in [0.2, 0.25) is 23.6 Å². The minimum absolute atomic E-state index is 0.191. The van der Waals surface area contributed by atoms with E-state index in [1.165, 1.54) is 28.0 Å². The molecule has 2 aromatic carbocycles. The van der Waals surface area contributed by atoms with Gasteiger partial charge >= 0.3 is 0 Å². The lowest BCUT2D eigenvalue weighted by Gasteiger charge is -2.27. The maximum Gasteiger partial charge on any atom is 0.238 e. The molecule has 2 aliphatic heterocycles. The van der Waals surface area contributed by atoms with E-state index in [2.05, 4.69) is 32.0 Å². The minimum Gasteiger partial charge on any atom is -0.285 e. The van der Waals surface area contributed by atoms with Crippen molar-refractivity contribution in [3.63, 3.8) is 0 Å². The molecular weight excluding hydrogens is 416 g/mol. The van der Waals surface area contributed by atoms with E-state index < -0.39 is 23.7 Å². The topological polar surface area (TPSA) is 74.8 Å². The number of hydrogen-bond donors (Lipinski definition) is 0. The SMILES string of the molecule is Cc1ccc(-c2ccc(N3C(=O)C4C5CC(C6C(=O)N(C)C(=O)C56)C4C3=O)cc2C)c(C)c1. The van der Waals surface area contributed by atoms with Crippen molar-refractivity contribution < 1.29 is 19.2 Å². The number of hydrogen-bond acceptors (Lipinski definition) is 4. The first kappa shape index (κ1) is 20.3. The Labute approximate surface area is 192 Å². The summed E-state index contributed by atoms with van der Waals surface area (Å²) < 4.78 is 0. The summed E-state index contributed by atoms with van der Waals surface area (Å²) in [5.74, 6) is -3.14. The van der Waals surface area contributed by atoms with E-state index in [9.17, 15) is 19.2 Å². The molecule has 6 heteroatoms. The van der Waals surface area contributed by atoms with Crippen molar-refractivity contribution in [1.29, 1.82) is 0 Å². The van der Waals surface area contributed by atoms with Gasteiger partial charge in [-0.3, -0.25) is 29.0 Å². The molecule has 4 aliphatic rings. The Morgan fingerprint density at radius 2 is 1.15 bits per heavy atom. The van der Waals surface area contributed by atoms with Crippen LogP contribution in [0.25, 0.3) is 11.1 Å². The zero-order valence-electron chi connectivity index (χ0n) is 19.2. The van der Waals surface area contributed by atoms with Crippen LogP contribution < -0.4 is 4.90 Å². The van der Waals surface area contributed by atoms with Crippen LogP contribution >= 0.6 is 0 Å². The maximum absolute atomic E-state index is 13.5. The van der Waals surface area contributed by atoms with E-state index in [0.717, 1.165) is 16.7 Å². The van der Waals surface area contributed by atoms with Gasteiger partial charge in [0.15, 0.2) is 0 Å². The van der Waals surface area contributed by atoms with E-state index >= 15 is 0 Å². The Bertz CT molecular complexity index is 1230. The molecule has 4 fully saturated rings. The predicted molar refractivity (Wildman–Crippen MR) is 122 cm³/mol. The average molecular weight is 443 g/mol. The highest BCUT2D eigenvalue weighted by atomic mass is 16.2. The summed E-state index contributed by atoms with van der Waals surface area (Å²) in [7, 11) is 1.51. The second-order valence-electron chi connectivity index (χ2n) is 10.2. The smallest absolute Gasteiger partial charge is 0.238 e. The molecule has 0 spiro atoms. The molecule has 168 valence electrons. The molecule has 2 aliphatic carbocycles. The molecule has 0 aromatic heterocycles. The van der Waals surface area contributed by atoms with Crippen LogP contribution in [0.5, 0.6) is 0 Å².